The Bertz CT molecular complexity index is 1710. The summed E-state index contributed by atoms with van der Waals surface area (Å²) in [5.74, 6) is -1.79. The van der Waals surface area contributed by atoms with E-state index in [0.717, 1.165) is 44.0 Å². The summed E-state index contributed by atoms with van der Waals surface area (Å²) in [4.78, 5) is 60.1. The number of H-pyrrole nitrogens is 1. The minimum atomic E-state index is -1.48. The predicted molar refractivity (Wildman–Crippen MR) is 167 cm³/mol. The van der Waals surface area contributed by atoms with Crippen LogP contribution in [-0.2, 0) is 16.1 Å². The zero-order valence-corrected chi connectivity index (χ0v) is 30.8. The second kappa shape index (κ2) is 14.1. The van der Waals surface area contributed by atoms with E-state index in [-0.39, 0.29) is 91.2 Å². The normalized spacial score (nSPS) is 30.4. The average molecular weight is 684 g/mol. The van der Waals surface area contributed by atoms with Crippen LogP contribution < -0.4 is 61.8 Å². The molecule has 0 bridgehead atoms. The van der Waals surface area contributed by atoms with Crippen LogP contribution in [0.3, 0.4) is 0 Å². The number of carbonyl (C=O) groups excluding carboxylic acids is 3. The molecule has 0 radical (unpaired) electrons. The van der Waals surface area contributed by atoms with Crippen LogP contribution in [0.5, 0.6) is 0 Å². The van der Waals surface area contributed by atoms with E-state index in [1.807, 2.05) is 12.1 Å². The number of halogens is 1. The molecular formula is C35H39FKN5O6. The summed E-state index contributed by atoms with van der Waals surface area (Å²) in [6, 6.07) is 9.15. The predicted octanol–water partition coefficient (Wildman–Crippen LogP) is 0.879. The van der Waals surface area contributed by atoms with E-state index in [4.69, 9.17) is 5.11 Å². The molecule has 7 atom stereocenters. The van der Waals surface area contributed by atoms with E-state index in [2.05, 4.69) is 34.1 Å². The fourth-order valence-electron chi connectivity index (χ4n) is 9.38. The maximum Gasteiger partial charge on any atom is 1.00 e. The van der Waals surface area contributed by atoms with Gasteiger partial charge in [-0.3, -0.25) is 9.59 Å². The number of aromatic carboxylic acids is 2. The number of nitrogens with one attached hydrogen (secondary N) is 2. The van der Waals surface area contributed by atoms with Gasteiger partial charge in [-0.1, -0.05) is 32.0 Å². The maximum absolute atomic E-state index is 14.6. The van der Waals surface area contributed by atoms with Gasteiger partial charge >= 0.3 is 57.4 Å². The van der Waals surface area contributed by atoms with Gasteiger partial charge in [-0.2, -0.15) is 0 Å². The van der Waals surface area contributed by atoms with Crippen LogP contribution in [0.25, 0.3) is 11.2 Å². The smallest absolute Gasteiger partial charge is 0.545 e. The number of carboxylic acids is 2. The minimum absolute atomic E-state index is 0. The third kappa shape index (κ3) is 6.39. The first-order valence-corrected chi connectivity index (χ1v) is 16.1. The van der Waals surface area contributed by atoms with Crippen molar-refractivity contribution in [1.82, 2.24) is 25.2 Å². The molecule has 7 rings (SSSR count). The Kier molecular flexibility index (Phi) is 10.7. The summed E-state index contributed by atoms with van der Waals surface area (Å²) < 4.78 is 14.6. The van der Waals surface area contributed by atoms with Crippen molar-refractivity contribution in [2.24, 2.45) is 34.5 Å². The second-order valence-corrected chi connectivity index (χ2v) is 13.8. The monoisotopic (exact) mass is 683 g/mol. The number of rotatable bonds is 5. The standard InChI is InChI=1S/C27H34FN5O2.C8H6O4.K/c1-26-11-10-17-15(6-9-21-27(17,2)13-19(28)25(35)33(21)3)16(26)7-8-18(26)24(34)30-14-22-31-20-5-4-12-29-23(20)32-22;9-7(10)5-3-1-2-4-6(5)8(11)12;/h4-5,12-13,15-18,21H,6-11,14H2,1-3H3,(H,30,34)(H,29,31,32);1-4H,(H,9,10)(H,11,12);/q;;+1/p-1/t15?,16-,17?,18+,21+,26-,27+;;/m0../s1. The molecule has 0 spiro atoms. The zero-order chi connectivity index (χ0) is 33.7. The van der Waals surface area contributed by atoms with E-state index >= 15 is 0 Å². The topological polar surface area (TPSA) is 168 Å². The number of carboxylic acid groups (broad SMARTS) is 2. The quantitative estimate of drug-likeness (QED) is 0.333. The number of amides is 2. The molecule has 3 saturated carbocycles. The Hall–Kier alpha value is -2.97. The number of aromatic amines is 1. The number of nitrogens with zero attached hydrogens (tertiary/aromatic N) is 3. The van der Waals surface area contributed by atoms with Crippen LogP contribution in [0.2, 0.25) is 0 Å². The van der Waals surface area contributed by atoms with Crippen molar-refractivity contribution in [3.05, 3.63) is 71.4 Å². The molecule has 11 nitrogen and oxygen atoms in total. The number of aromatic nitrogens is 3. The third-order valence-corrected chi connectivity index (χ3v) is 11.6. The summed E-state index contributed by atoms with van der Waals surface area (Å²) in [6.45, 7) is 4.82. The van der Waals surface area contributed by atoms with Crippen LogP contribution in [0, 0.1) is 34.5 Å². The Balaban J connectivity index is 0.000000296. The van der Waals surface area contributed by atoms with Gasteiger partial charge in [0.05, 0.1) is 23.6 Å². The van der Waals surface area contributed by atoms with E-state index in [9.17, 15) is 28.7 Å². The van der Waals surface area contributed by atoms with Gasteiger partial charge in [0.1, 0.15) is 5.82 Å². The Labute approximate surface area is 320 Å². The molecule has 0 saturated heterocycles. The van der Waals surface area contributed by atoms with Crippen LogP contribution in [0.4, 0.5) is 4.39 Å². The van der Waals surface area contributed by atoms with Gasteiger partial charge in [0, 0.05) is 36.2 Å². The summed E-state index contributed by atoms with van der Waals surface area (Å²) >= 11 is 0. The Morgan fingerprint density at radius 2 is 1.79 bits per heavy atom. The van der Waals surface area contributed by atoms with Crippen molar-refractivity contribution in [3.63, 3.8) is 0 Å². The molecule has 2 amide bonds. The summed E-state index contributed by atoms with van der Waals surface area (Å²) in [6.07, 6.45) is 9.14. The van der Waals surface area contributed by atoms with Crippen LogP contribution in [0.15, 0.2) is 54.5 Å². The van der Waals surface area contributed by atoms with E-state index < -0.39 is 23.7 Å². The van der Waals surface area contributed by atoms with Crippen molar-refractivity contribution < 1.29 is 85.2 Å². The number of likely N-dealkylation sites (N-methyl/N-ethyl adjacent to an activating group) is 1. The average Bonchev–Trinajstić information content (AvgIpc) is 3.63. The molecule has 248 valence electrons. The Morgan fingerprint density at radius 1 is 1.06 bits per heavy atom. The van der Waals surface area contributed by atoms with Crippen molar-refractivity contribution in [3.8, 4) is 0 Å². The molecule has 3 N–H and O–H groups in total. The molecule has 4 aliphatic rings. The number of imidazole rings is 1. The number of carbonyl (C=O) groups is 4. The molecule has 3 heterocycles. The van der Waals surface area contributed by atoms with Crippen LogP contribution in [-0.4, -0.2) is 61.8 Å². The van der Waals surface area contributed by atoms with Gasteiger partial charge in [-0.05, 0) is 86.0 Å². The minimum Gasteiger partial charge on any atom is -0.545 e. The fraction of sp³-hybridized carbons (Fsp3) is 0.486. The summed E-state index contributed by atoms with van der Waals surface area (Å²) in [5, 5.41) is 22.0. The SMILES string of the molecule is CN1C(=O)C(F)=C[C@]2(C)C3CC[C@]4(C)[C@@H](C(=O)NCc5nc6ncccc6[nH]5)CC[C@H]4C3CC[C@@H]12.O=C([O-])c1ccccc1C(=O)O.[K+]. The van der Waals surface area contributed by atoms with Crippen molar-refractivity contribution in [2.75, 3.05) is 7.05 Å². The zero-order valence-electron chi connectivity index (χ0n) is 27.7. The second-order valence-electron chi connectivity index (χ2n) is 13.8. The summed E-state index contributed by atoms with van der Waals surface area (Å²) in [5.41, 5.74) is 0.581. The van der Waals surface area contributed by atoms with Crippen molar-refractivity contribution in [1.29, 1.82) is 0 Å². The molecule has 3 fully saturated rings. The summed E-state index contributed by atoms with van der Waals surface area (Å²) in [7, 11) is 1.75. The number of hydrogen-bond donors (Lipinski definition) is 3. The first-order chi connectivity index (χ1) is 22.3. The van der Waals surface area contributed by atoms with Gasteiger partial charge in [-0.25, -0.2) is 19.2 Å². The van der Waals surface area contributed by atoms with Gasteiger partial charge in [0.15, 0.2) is 11.5 Å². The van der Waals surface area contributed by atoms with E-state index in [1.54, 1.807) is 24.2 Å². The van der Waals surface area contributed by atoms with Crippen molar-refractivity contribution >= 4 is 34.9 Å². The molecule has 2 unspecified atom stereocenters. The first-order valence-electron chi connectivity index (χ1n) is 16.1. The van der Waals surface area contributed by atoms with Crippen LogP contribution in [0.1, 0.15) is 78.9 Å². The maximum atomic E-state index is 14.6. The molecule has 13 heteroatoms. The van der Waals surface area contributed by atoms with Gasteiger partial charge in [0.2, 0.25) is 5.91 Å². The molecule has 3 aliphatic carbocycles. The van der Waals surface area contributed by atoms with Crippen molar-refractivity contribution in [2.45, 2.75) is 65.0 Å². The molecule has 3 aromatic rings. The first kappa shape index (κ1) is 36.3. The Morgan fingerprint density at radius 3 is 2.46 bits per heavy atom. The van der Waals surface area contributed by atoms with Gasteiger partial charge < -0.3 is 30.2 Å². The number of benzene rings is 1. The molecule has 1 aromatic carbocycles. The molecule has 2 aromatic heterocycles. The van der Waals surface area contributed by atoms with Gasteiger partial charge in [-0.15, -0.1) is 0 Å². The number of fused-ring (bicyclic) bond motifs is 6. The molecule has 1 aliphatic heterocycles. The molecular weight excluding hydrogens is 645 g/mol. The largest absolute Gasteiger partial charge is 1.00 e. The number of hydrogen-bond acceptors (Lipinski definition) is 7. The molecule has 48 heavy (non-hydrogen) atoms. The third-order valence-electron chi connectivity index (χ3n) is 11.6. The van der Waals surface area contributed by atoms with E-state index in [1.165, 1.54) is 24.3 Å². The fourth-order valence-corrected chi connectivity index (χ4v) is 9.38. The van der Waals surface area contributed by atoms with Gasteiger partial charge in [0.25, 0.3) is 5.91 Å². The number of pyridine rings is 1. The van der Waals surface area contributed by atoms with Crippen LogP contribution >= 0.6 is 0 Å². The van der Waals surface area contributed by atoms with E-state index in [0.29, 0.717) is 35.8 Å².